The normalized spacial score (nSPS) is 11.2. The fourth-order valence-corrected chi connectivity index (χ4v) is 2.24. The van der Waals surface area contributed by atoms with Crippen molar-refractivity contribution in [3.05, 3.63) is 0 Å². The van der Waals surface area contributed by atoms with Gasteiger partial charge in [0, 0.05) is 6.42 Å². The van der Waals surface area contributed by atoms with Crippen LogP contribution < -0.4 is 5.32 Å². The first kappa shape index (κ1) is 26.6. The lowest BCUT2D eigenvalue weighted by molar-refractivity contribution is -0.147. The Bertz CT molecular complexity index is 373. The number of aliphatic carboxylic acids is 2. The highest BCUT2D eigenvalue weighted by Crippen LogP contribution is 2.10. The maximum atomic E-state index is 11.6. The predicted octanol–water partition coefficient (Wildman–Crippen LogP) is 1.92. The van der Waals surface area contributed by atoms with E-state index in [0.717, 1.165) is 12.8 Å². The molecule has 0 saturated carbocycles. The topological polar surface area (TPSA) is 144 Å². The molecule has 0 heterocycles. The minimum Gasteiger partial charge on any atom is -0.481 e. The van der Waals surface area contributed by atoms with Crippen LogP contribution in [0.1, 0.15) is 77.6 Å². The number of rotatable bonds is 15. The van der Waals surface area contributed by atoms with Gasteiger partial charge in [-0.05, 0) is 6.42 Å². The molecule has 5 N–H and O–H groups in total. The van der Waals surface area contributed by atoms with Crippen LogP contribution in [0.4, 0.5) is 0 Å². The number of carboxylic acid groups (broad SMARTS) is 2. The highest BCUT2D eigenvalue weighted by molar-refractivity contribution is 5.86. The second-order valence-corrected chi connectivity index (χ2v) is 6.08. The Labute approximate surface area is 155 Å². The molecule has 0 rings (SSSR count). The van der Waals surface area contributed by atoms with Crippen molar-refractivity contribution in [2.24, 2.45) is 0 Å². The van der Waals surface area contributed by atoms with E-state index in [1.807, 2.05) is 0 Å². The highest BCUT2D eigenvalue weighted by atomic mass is 16.4. The van der Waals surface area contributed by atoms with Crippen molar-refractivity contribution in [1.29, 1.82) is 0 Å². The molecule has 0 aliphatic rings. The highest BCUT2D eigenvalue weighted by Gasteiger charge is 2.22. The molecule has 0 aromatic heterocycles. The zero-order valence-corrected chi connectivity index (χ0v) is 15.8. The molecule has 8 nitrogen and oxygen atoms in total. The number of amides is 1. The van der Waals surface area contributed by atoms with Crippen LogP contribution in [0.15, 0.2) is 0 Å². The van der Waals surface area contributed by atoms with Gasteiger partial charge < -0.3 is 25.7 Å². The van der Waals surface area contributed by atoms with E-state index in [4.69, 9.17) is 20.4 Å². The molecule has 26 heavy (non-hydrogen) atoms. The maximum Gasteiger partial charge on any atom is 0.326 e. The van der Waals surface area contributed by atoms with Crippen LogP contribution in [0.2, 0.25) is 0 Å². The van der Waals surface area contributed by atoms with Crippen molar-refractivity contribution in [3.63, 3.8) is 0 Å². The summed E-state index contributed by atoms with van der Waals surface area (Å²) in [5.41, 5.74) is 0. The van der Waals surface area contributed by atoms with Gasteiger partial charge in [-0.2, -0.15) is 0 Å². The van der Waals surface area contributed by atoms with Crippen molar-refractivity contribution >= 4 is 17.8 Å². The number of carbonyl (C=O) groups is 3. The predicted molar refractivity (Wildman–Crippen MR) is 97.8 cm³/mol. The van der Waals surface area contributed by atoms with Gasteiger partial charge >= 0.3 is 11.9 Å². The molecule has 1 atom stereocenters. The van der Waals surface area contributed by atoms with Crippen molar-refractivity contribution < 1.29 is 34.8 Å². The molecule has 0 radical (unpaired) electrons. The summed E-state index contributed by atoms with van der Waals surface area (Å²) in [4.78, 5) is 32.9. The molecule has 1 amide bonds. The van der Waals surface area contributed by atoms with Crippen LogP contribution in [0.5, 0.6) is 0 Å². The number of hydrogen-bond donors (Lipinski definition) is 5. The molecule has 0 bridgehead atoms. The molecule has 0 saturated heterocycles. The lowest BCUT2D eigenvalue weighted by Gasteiger charge is -2.12. The first-order valence-electron chi connectivity index (χ1n) is 9.34. The van der Waals surface area contributed by atoms with Gasteiger partial charge in [0.05, 0.1) is 19.6 Å². The Morgan fingerprint density at radius 3 is 1.65 bits per heavy atom. The number of nitrogens with one attached hydrogen (secondary N) is 1. The van der Waals surface area contributed by atoms with Crippen LogP contribution in [0.25, 0.3) is 0 Å². The summed E-state index contributed by atoms with van der Waals surface area (Å²) in [6, 6.07) is -1.34. The van der Waals surface area contributed by atoms with Gasteiger partial charge in [0.15, 0.2) is 0 Å². The lowest BCUT2D eigenvalue weighted by Crippen LogP contribution is -2.42. The van der Waals surface area contributed by atoms with Gasteiger partial charge in [0.2, 0.25) is 5.91 Å². The molecule has 0 aromatic rings. The first-order chi connectivity index (χ1) is 12.4. The SMILES string of the molecule is CCCCCCCCCCCC(=O)N[C@@H](CC(=O)O)C(=O)O.OCCO. The fourth-order valence-electron chi connectivity index (χ4n) is 2.24. The van der Waals surface area contributed by atoms with Gasteiger partial charge in [-0.15, -0.1) is 0 Å². The van der Waals surface area contributed by atoms with E-state index >= 15 is 0 Å². The second-order valence-electron chi connectivity index (χ2n) is 6.08. The van der Waals surface area contributed by atoms with E-state index < -0.39 is 30.3 Å². The second kappa shape index (κ2) is 19.7. The maximum absolute atomic E-state index is 11.6. The Hall–Kier alpha value is -1.67. The number of carbonyl (C=O) groups excluding carboxylic acids is 1. The smallest absolute Gasteiger partial charge is 0.326 e. The summed E-state index contributed by atoms with van der Waals surface area (Å²) < 4.78 is 0. The molecule has 0 spiro atoms. The summed E-state index contributed by atoms with van der Waals surface area (Å²) in [7, 11) is 0. The number of carboxylic acids is 2. The molecule has 0 unspecified atom stereocenters. The number of unbranched alkanes of at least 4 members (excludes halogenated alkanes) is 8. The number of hydrogen-bond acceptors (Lipinski definition) is 5. The van der Waals surface area contributed by atoms with Crippen LogP contribution in [0, 0.1) is 0 Å². The van der Waals surface area contributed by atoms with E-state index in [-0.39, 0.29) is 19.6 Å². The summed E-state index contributed by atoms with van der Waals surface area (Å²) >= 11 is 0. The molecular weight excluding hydrogens is 342 g/mol. The standard InChI is InChI=1S/C16H29NO5.C2H6O2/c1-2-3-4-5-6-7-8-9-10-11-14(18)17-13(16(21)22)12-15(19)20;3-1-2-4/h13H,2-12H2,1H3,(H,17,18)(H,19,20)(H,21,22);3-4H,1-2H2/t13-;/m0./s1. The fraction of sp³-hybridized carbons (Fsp3) is 0.833. The zero-order chi connectivity index (χ0) is 20.2. The number of aliphatic hydroxyl groups is 2. The average molecular weight is 377 g/mol. The third-order valence-electron chi connectivity index (χ3n) is 3.62. The van der Waals surface area contributed by atoms with Crippen LogP contribution >= 0.6 is 0 Å². The molecule has 0 fully saturated rings. The minimum absolute atomic E-state index is 0.125. The summed E-state index contributed by atoms with van der Waals surface area (Å²) in [5.74, 6) is -2.95. The molecule has 8 heteroatoms. The van der Waals surface area contributed by atoms with E-state index in [1.54, 1.807) is 0 Å². The average Bonchev–Trinajstić information content (AvgIpc) is 2.59. The minimum atomic E-state index is -1.34. The Morgan fingerprint density at radius 1 is 0.808 bits per heavy atom. The van der Waals surface area contributed by atoms with E-state index in [9.17, 15) is 14.4 Å². The van der Waals surface area contributed by atoms with E-state index in [2.05, 4.69) is 12.2 Å². The molecular formula is C18H35NO7. The Balaban J connectivity index is 0. The monoisotopic (exact) mass is 377 g/mol. The molecule has 0 aliphatic carbocycles. The van der Waals surface area contributed by atoms with Gasteiger partial charge in [0.1, 0.15) is 6.04 Å². The summed E-state index contributed by atoms with van der Waals surface area (Å²) in [6.07, 6.45) is 9.87. The third-order valence-corrected chi connectivity index (χ3v) is 3.62. The summed E-state index contributed by atoms with van der Waals surface area (Å²) in [5, 5.41) is 34.9. The van der Waals surface area contributed by atoms with Crippen LogP contribution in [-0.4, -0.2) is 57.5 Å². The zero-order valence-electron chi connectivity index (χ0n) is 15.8. The van der Waals surface area contributed by atoms with E-state index in [1.165, 1.54) is 38.5 Å². The Kier molecular flexibility index (Phi) is 20.1. The number of aliphatic hydroxyl groups excluding tert-OH is 2. The quantitative estimate of drug-likeness (QED) is 0.274. The largest absolute Gasteiger partial charge is 0.481 e. The summed E-state index contributed by atoms with van der Waals surface area (Å²) in [6.45, 7) is 1.94. The van der Waals surface area contributed by atoms with Crippen molar-refractivity contribution in [2.75, 3.05) is 13.2 Å². The van der Waals surface area contributed by atoms with Crippen LogP contribution in [0.3, 0.4) is 0 Å². The molecule has 0 aliphatic heterocycles. The van der Waals surface area contributed by atoms with Crippen molar-refractivity contribution in [1.82, 2.24) is 5.32 Å². The molecule has 0 aromatic carbocycles. The lowest BCUT2D eigenvalue weighted by atomic mass is 10.1. The van der Waals surface area contributed by atoms with Gasteiger partial charge in [-0.25, -0.2) is 4.79 Å². The van der Waals surface area contributed by atoms with Crippen molar-refractivity contribution in [3.8, 4) is 0 Å². The Morgan fingerprint density at radius 2 is 1.27 bits per heavy atom. The third kappa shape index (κ3) is 20.4. The van der Waals surface area contributed by atoms with Gasteiger partial charge in [-0.1, -0.05) is 58.3 Å². The van der Waals surface area contributed by atoms with Crippen molar-refractivity contribution in [2.45, 2.75) is 83.6 Å². The molecule has 154 valence electrons. The van der Waals surface area contributed by atoms with E-state index in [0.29, 0.717) is 6.42 Å². The van der Waals surface area contributed by atoms with Gasteiger partial charge in [0.25, 0.3) is 0 Å². The van der Waals surface area contributed by atoms with Crippen LogP contribution in [-0.2, 0) is 14.4 Å². The first-order valence-corrected chi connectivity index (χ1v) is 9.34. The van der Waals surface area contributed by atoms with Gasteiger partial charge in [-0.3, -0.25) is 9.59 Å².